The van der Waals surface area contributed by atoms with E-state index in [-0.39, 0.29) is 0 Å². The molecular formula is C10H16N2. The number of nitrogens with two attached hydrogens (primary N) is 1. The van der Waals surface area contributed by atoms with E-state index >= 15 is 0 Å². The third kappa shape index (κ3) is 1.98. The number of hydrogen-bond acceptors (Lipinski definition) is 2. The lowest BCUT2D eigenvalue weighted by atomic mass is 10.1. The second kappa shape index (κ2) is 3.59. The van der Waals surface area contributed by atoms with Crippen molar-refractivity contribution in [3.8, 4) is 0 Å². The fourth-order valence-electron chi connectivity index (χ4n) is 1.12. The number of nitrogen functional groups attached to an aromatic ring is 1. The van der Waals surface area contributed by atoms with Crippen molar-refractivity contribution in [3.63, 3.8) is 0 Å². The van der Waals surface area contributed by atoms with Crippen LogP contribution in [-0.2, 0) is 0 Å². The van der Waals surface area contributed by atoms with Gasteiger partial charge in [0.2, 0.25) is 0 Å². The Bertz CT molecular complexity index is 256. The maximum Gasteiger partial charge on any atom is 0.0317 e. The van der Waals surface area contributed by atoms with Gasteiger partial charge < -0.3 is 10.6 Å². The Morgan fingerprint density at radius 1 is 1.33 bits per heavy atom. The smallest absolute Gasteiger partial charge is 0.0317 e. The third-order valence-electron chi connectivity index (χ3n) is 2.17. The van der Waals surface area contributed by atoms with E-state index in [0.717, 1.165) is 5.69 Å². The number of anilines is 1. The molecule has 0 aromatic heterocycles. The summed E-state index contributed by atoms with van der Waals surface area (Å²) in [6, 6.07) is 8.44. The van der Waals surface area contributed by atoms with Crippen LogP contribution >= 0.6 is 0 Å². The van der Waals surface area contributed by atoms with Gasteiger partial charge in [0.15, 0.2) is 0 Å². The summed E-state index contributed by atoms with van der Waals surface area (Å²) in [4.78, 5) is 2.16. The average molecular weight is 164 g/mol. The first-order chi connectivity index (χ1) is 5.61. The molecule has 66 valence electrons. The number of hydrogen-bond donors (Lipinski definition) is 1. The van der Waals surface area contributed by atoms with E-state index in [1.807, 2.05) is 18.2 Å². The minimum Gasteiger partial charge on any atom is -0.399 e. The summed E-state index contributed by atoms with van der Waals surface area (Å²) in [5, 5.41) is 0. The third-order valence-corrected chi connectivity index (χ3v) is 2.17. The van der Waals surface area contributed by atoms with E-state index < -0.39 is 0 Å². The Morgan fingerprint density at radius 3 is 2.50 bits per heavy atom. The Kier molecular flexibility index (Phi) is 2.71. The molecule has 0 saturated carbocycles. The van der Waals surface area contributed by atoms with Gasteiger partial charge in [-0.15, -0.1) is 0 Å². The van der Waals surface area contributed by atoms with Crippen LogP contribution in [0.2, 0.25) is 0 Å². The van der Waals surface area contributed by atoms with Crippen molar-refractivity contribution in [1.82, 2.24) is 4.90 Å². The zero-order valence-electron chi connectivity index (χ0n) is 7.91. The van der Waals surface area contributed by atoms with Gasteiger partial charge in [0, 0.05) is 11.7 Å². The molecule has 0 aliphatic carbocycles. The zero-order chi connectivity index (χ0) is 9.14. The molecule has 2 nitrogen and oxygen atoms in total. The van der Waals surface area contributed by atoms with E-state index in [9.17, 15) is 0 Å². The molecule has 1 rings (SSSR count). The SMILES string of the molecule is C[C@@H](c1cccc(N)c1)N(C)C. The second-order valence-corrected chi connectivity index (χ2v) is 3.31. The van der Waals surface area contributed by atoms with Crippen molar-refractivity contribution in [2.75, 3.05) is 19.8 Å². The molecule has 12 heavy (non-hydrogen) atoms. The number of benzene rings is 1. The normalized spacial score (nSPS) is 13.3. The summed E-state index contributed by atoms with van der Waals surface area (Å²) >= 11 is 0. The van der Waals surface area contributed by atoms with Crippen LogP contribution in [0.5, 0.6) is 0 Å². The van der Waals surface area contributed by atoms with Crippen LogP contribution in [0.15, 0.2) is 24.3 Å². The van der Waals surface area contributed by atoms with Crippen LogP contribution in [0.4, 0.5) is 5.69 Å². The monoisotopic (exact) mass is 164 g/mol. The minimum absolute atomic E-state index is 0.425. The highest BCUT2D eigenvalue weighted by atomic mass is 15.1. The highest BCUT2D eigenvalue weighted by Gasteiger charge is 2.06. The molecule has 2 heteroatoms. The van der Waals surface area contributed by atoms with Gasteiger partial charge in [0.1, 0.15) is 0 Å². The highest BCUT2D eigenvalue weighted by molar-refractivity contribution is 5.41. The molecule has 0 unspecified atom stereocenters. The van der Waals surface area contributed by atoms with E-state index in [4.69, 9.17) is 5.73 Å². The van der Waals surface area contributed by atoms with Crippen LogP contribution in [0.25, 0.3) is 0 Å². The molecule has 0 bridgehead atoms. The summed E-state index contributed by atoms with van der Waals surface area (Å²) in [5.74, 6) is 0. The van der Waals surface area contributed by atoms with Gasteiger partial charge in [-0.25, -0.2) is 0 Å². The summed E-state index contributed by atoms with van der Waals surface area (Å²) in [7, 11) is 4.13. The van der Waals surface area contributed by atoms with Crippen LogP contribution < -0.4 is 5.73 Å². The van der Waals surface area contributed by atoms with E-state index in [1.165, 1.54) is 5.56 Å². The number of nitrogens with zero attached hydrogens (tertiary/aromatic N) is 1. The van der Waals surface area contributed by atoms with Crippen molar-refractivity contribution < 1.29 is 0 Å². The highest BCUT2D eigenvalue weighted by Crippen LogP contribution is 2.18. The molecule has 0 heterocycles. The quantitative estimate of drug-likeness (QED) is 0.676. The topological polar surface area (TPSA) is 29.3 Å². The first-order valence-electron chi connectivity index (χ1n) is 4.13. The average Bonchev–Trinajstić information content (AvgIpc) is 2.03. The molecule has 2 N–H and O–H groups in total. The first-order valence-corrected chi connectivity index (χ1v) is 4.13. The van der Waals surface area contributed by atoms with Gasteiger partial charge in [0.05, 0.1) is 0 Å². The zero-order valence-corrected chi connectivity index (χ0v) is 7.91. The Hall–Kier alpha value is -1.02. The van der Waals surface area contributed by atoms with Crippen LogP contribution in [0.3, 0.4) is 0 Å². The standard InChI is InChI=1S/C10H16N2/c1-8(12(2)3)9-5-4-6-10(11)7-9/h4-8H,11H2,1-3H3/t8-/m0/s1. The van der Waals surface area contributed by atoms with Crippen molar-refractivity contribution in [2.45, 2.75) is 13.0 Å². The summed E-state index contributed by atoms with van der Waals surface area (Å²) < 4.78 is 0. The molecule has 1 atom stereocenters. The Morgan fingerprint density at radius 2 is 2.00 bits per heavy atom. The predicted octanol–water partition coefficient (Wildman–Crippen LogP) is 1.89. The van der Waals surface area contributed by atoms with E-state index in [2.05, 4.69) is 32.0 Å². The van der Waals surface area contributed by atoms with Crippen molar-refractivity contribution in [1.29, 1.82) is 0 Å². The lowest BCUT2D eigenvalue weighted by Crippen LogP contribution is -2.16. The van der Waals surface area contributed by atoms with Crippen molar-refractivity contribution >= 4 is 5.69 Å². The molecule has 1 aromatic carbocycles. The Labute approximate surface area is 74.0 Å². The lowest BCUT2D eigenvalue weighted by Gasteiger charge is -2.20. The lowest BCUT2D eigenvalue weighted by molar-refractivity contribution is 0.321. The van der Waals surface area contributed by atoms with Crippen molar-refractivity contribution in [3.05, 3.63) is 29.8 Å². The molecule has 0 spiro atoms. The fraction of sp³-hybridized carbons (Fsp3) is 0.400. The van der Waals surface area contributed by atoms with Gasteiger partial charge in [-0.2, -0.15) is 0 Å². The first kappa shape index (κ1) is 9.07. The summed E-state index contributed by atoms with van der Waals surface area (Å²) in [6.45, 7) is 2.16. The van der Waals surface area contributed by atoms with Gasteiger partial charge in [0.25, 0.3) is 0 Å². The minimum atomic E-state index is 0.425. The summed E-state index contributed by atoms with van der Waals surface area (Å²) in [5.41, 5.74) is 7.78. The molecule has 0 aliphatic heterocycles. The molecule has 0 saturated heterocycles. The fourth-order valence-corrected chi connectivity index (χ4v) is 1.12. The van der Waals surface area contributed by atoms with Gasteiger partial charge in [-0.05, 0) is 38.7 Å². The van der Waals surface area contributed by atoms with Crippen LogP contribution in [-0.4, -0.2) is 19.0 Å². The van der Waals surface area contributed by atoms with Crippen molar-refractivity contribution in [2.24, 2.45) is 0 Å². The molecule has 1 aromatic rings. The number of rotatable bonds is 2. The second-order valence-electron chi connectivity index (χ2n) is 3.31. The largest absolute Gasteiger partial charge is 0.399 e. The van der Waals surface area contributed by atoms with Crippen LogP contribution in [0, 0.1) is 0 Å². The molecule has 0 amide bonds. The van der Waals surface area contributed by atoms with Gasteiger partial charge in [-0.1, -0.05) is 12.1 Å². The van der Waals surface area contributed by atoms with E-state index in [0.29, 0.717) is 6.04 Å². The molecule has 0 radical (unpaired) electrons. The van der Waals surface area contributed by atoms with Gasteiger partial charge >= 0.3 is 0 Å². The predicted molar refractivity (Wildman–Crippen MR) is 53.0 cm³/mol. The molecular weight excluding hydrogens is 148 g/mol. The summed E-state index contributed by atoms with van der Waals surface area (Å²) in [6.07, 6.45) is 0. The Balaban J connectivity index is 2.88. The maximum absolute atomic E-state index is 5.68. The molecule has 0 fully saturated rings. The maximum atomic E-state index is 5.68. The van der Waals surface area contributed by atoms with E-state index in [1.54, 1.807) is 0 Å². The van der Waals surface area contributed by atoms with Crippen LogP contribution in [0.1, 0.15) is 18.5 Å². The van der Waals surface area contributed by atoms with Gasteiger partial charge in [-0.3, -0.25) is 0 Å². The molecule has 0 aliphatic rings.